The second-order valence-corrected chi connectivity index (χ2v) is 9.42. The van der Waals surface area contributed by atoms with Crippen molar-refractivity contribution in [1.29, 1.82) is 0 Å². The first kappa shape index (κ1) is 23.3. The Labute approximate surface area is 213 Å². The van der Waals surface area contributed by atoms with Gasteiger partial charge in [-0.2, -0.15) is 5.10 Å². The van der Waals surface area contributed by atoms with Gasteiger partial charge in [0.2, 0.25) is 0 Å². The Hall–Kier alpha value is -4.08. The monoisotopic (exact) mass is 496 g/mol. The van der Waals surface area contributed by atoms with E-state index in [0.717, 1.165) is 55.1 Å². The molecule has 0 spiro atoms. The predicted octanol–water partition coefficient (Wildman–Crippen LogP) is 3.93. The maximum atomic E-state index is 13.1. The summed E-state index contributed by atoms with van der Waals surface area (Å²) in [4.78, 5) is 24.0. The molecule has 0 saturated carbocycles. The van der Waals surface area contributed by atoms with Gasteiger partial charge in [0.15, 0.2) is 5.65 Å². The molecule has 9 nitrogen and oxygen atoms in total. The number of ether oxygens (including phenoxy) is 1. The van der Waals surface area contributed by atoms with E-state index in [1.807, 2.05) is 32.0 Å². The lowest BCUT2D eigenvalue weighted by atomic mass is 9.95. The van der Waals surface area contributed by atoms with Crippen molar-refractivity contribution < 1.29 is 9.15 Å². The number of nitrogens with zero attached hydrogens (tertiary/aromatic N) is 5. The third kappa shape index (κ3) is 4.16. The normalized spacial score (nSPS) is 15.4. The molecule has 1 unspecified atom stereocenters. The number of morpholine rings is 1. The molecular weight excluding hydrogens is 468 g/mol. The SMILES string of the molecule is Cc1nn(C(C)c2oc(=O)c3ccccc3c2-c2ccc(CN3CCOCC3)cc2)c2ncnc(N)c12. The standard InChI is InChI=1S/C28H28N6O3/c1-17-23-26(29)30-16-31-27(23)34(32-17)18(2)25-24(21-5-3-4-6-22(21)28(35)37-25)20-9-7-19(8-10-20)15-33-11-13-36-14-12-33/h3-10,16,18H,11-15H2,1-2H3,(H2,29,30,31). The molecule has 2 N–H and O–H groups in total. The van der Waals surface area contributed by atoms with E-state index in [4.69, 9.17) is 20.0 Å². The summed E-state index contributed by atoms with van der Waals surface area (Å²) < 4.78 is 13.2. The molecule has 1 aliphatic rings. The summed E-state index contributed by atoms with van der Waals surface area (Å²) >= 11 is 0. The van der Waals surface area contributed by atoms with Crippen LogP contribution in [0, 0.1) is 6.92 Å². The van der Waals surface area contributed by atoms with Crippen LogP contribution < -0.4 is 11.4 Å². The lowest BCUT2D eigenvalue weighted by Gasteiger charge is -2.26. The molecule has 1 aliphatic heterocycles. The van der Waals surface area contributed by atoms with Crippen molar-refractivity contribution >= 4 is 27.6 Å². The van der Waals surface area contributed by atoms with Gasteiger partial charge in [0, 0.05) is 30.6 Å². The van der Waals surface area contributed by atoms with Gasteiger partial charge in [-0.05, 0) is 31.0 Å². The molecule has 0 aliphatic carbocycles. The molecule has 0 radical (unpaired) electrons. The molecule has 1 atom stereocenters. The maximum Gasteiger partial charge on any atom is 0.343 e. The van der Waals surface area contributed by atoms with Crippen molar-refractivity contribution in [2.45, 2.75) is 26.4 Å². The van der Waals surface area contributed by atoms with Crippen molar-refractivity contribution in [3.63, 3.8) is 0 Å². The van der Waals surface area contributed by atoms with E-state index in [9.17, 15) is 4.79 Å². The first-order valence-electron chi connectivity index (χ1n) is 12.4. The first-order valence-corrected chi connectivity index (χ1v) is 12.4. The van der Waals surface area contributed by atoms with E-state index < -0.39 is 6.04 Å². The highest BCUT2D eigenvalue weighted by Crippen LogP contribution is 2.36. The number of nitrogen functional groups attached to an aromatic ring is 1. The lowest BCUT2D eigenvalue weighted by molar-refractivity contribution is 0.0342. The Kier molecular flexibility index (Phi) is 5.94. The maximum absolute atomic E-state index is 13.1. The van der Waals surface area contributed by atoms with Gasteiger partial charge in [-0.25, -0.2) is 19.4 Å². The minimum atomic E-state index is -0.425. The first-order chi connectivity index (χ1) is 18.0. The summed E-state index contributed by atoms with van der Waals surface area (Å²) in [5.74, 6) is 0.892. The van der Waals surface area contributed by atoms with Gasteiger partial charge in [0.25, 0.3) is 0 Å². The number of aromatic nitrogens is 4. The van der Waals surface area contributed by atoms with Crippen LogP contribution in [0.3, 0.4) is 0 Å². The van der Waals surface area contributed by atoms with Gasteiger partial charge in [-0.15, -0.1) is 0 Å². The van der Waals surface area contributed by atoms with Crippen LogP contribution in [0.2, 0.25) is 0 Å². The Morgan fingerprint density at radius 3 is 2.51 bits per heavy atom. The third-order valence-electron chi connectivity index (χ3n) is 7.06. The zero-order valence-corrected chi connectivity index (χ0v) is 20.8. The molecule has 5 aromatic rings. The van der Waals surface area contributed by atoms with Crippen molar-refractivity contribution in [3.05, 3.63) is 82.3 Å². The zero-order valence-electron chi connectivity index (χ0n) is 20.8. The van der Waals surface area contributed by atoms with Crippen LogP contribution in [0.25, 0.3) is 32.9 Å². The second kappa shape index (κ2) is 9.42. The summed E-state index contributed by atoms with van der Waals surface area (Å²) in [6, 6.07) is 15.6. The van der Waals surface area contributed by atoms with Crippen LogP contribution in [0.4, 0.5) is 5.82 Å². The summed E-state index contributed by atoms with van der Waals surface area (Å²) in [6.07, 6.45) is 1.42. The van der Waals surface area contributed by atoms with Crippen molar-refractivity contribution in [2.24, 2.45) is 0 Å². The van der Waals surface area contributed by atoms with E-state index in [1.165, 1.54) is 11.9 Å². The Bertz CT molecular complexity index is 1650. The number of aryl methyl sites for hydroxylation is 1. The summed E-state index contributed by atoms with van der Waals surface area (Å²) in [5.41, 5.74) is 10.1. The van der Waals surface area contributed by atoms with Gasteiger partial charge in [0.05, 0.1) is 29.7 Å². The Balaban J connectivity index is 1.48. The molecule has 6 rings (SSSR count). The van der Waals surface area contributed by atoms with Crippen molar-refractivity contribution in [3.8, 4) is 11.1 Å². The highest BCUT2D eigenvalue weighted by Gasteiger charge is 2.25. The topological polar surface area (TPSA) is 112 Å². The molecule has 4 heterocycles. The summed E-state index contributed by atoms with van der Waals surface area (Å²) in [7, 11) is 0. The average molecular weight is 497 g/mol. The fraction of sp³-hybridized carbons (Fsp3) is 0.286. The van der Waals surface area contributed by atoms with E-state index in [0.29, 0.717) is 28.0 Å². The minimum absolute atomic E-state index is 0.372. The molecule has 1 saturated heterocycles. The number of hydrogen-bond acceptors (Lipinski definition) is 8. The van der Waals surface area contributed by atoms with E-state index in [-0.39, 0.29) is 5.63 Å². The minimum Gasteiger partial charge on any atom is -0.424 e. The van der Waals surface area contributed by atoms with Crippen molar-refractivity contribution in [2.75, 3.05) is 32.0 Å². The van der Waals surface area contributed by atoms with E-state index in [2.05, 4.69) is 39.1 Å². The second-order valence-electron chi connectivity index (χ2n) is 9.42. The highest BCUT2D eigenvalue weighted by atomic mass is 16.5. The van der Waals surface area contributed by atoms with Gasteiger partial charge in [-0.1, -0.05) is 42.5 Å². The third-order valence-corrected chi connectivity index (χ3v) is 7.06. The fourth-order valence-corrected chi connectivity index (χ4v) is 5.15. The molecule has 0 bridgehead atoms. The smallest absolute Gasteiger partial charge is 0.343 e. The van der Waals surface area contributed by atoms with Crippen LogP contribution in [0.15, 0.2) is 64.1 Å². The Morgan fingerprint density at radius 2 is 1.76 bits per heavy atom. The quantitative estimate of drug-likeness (QED) is 0.390. The van der Waals surface area contributed by atoms with Crippen molar-refractivity contribution in [1.82, 2.24) is 24.6 Å². The molecule has 0 amide bonds. The number of fused-ring (bicyclic) bond motifs is 2. The van der Waals surface area contributed by atoms with E-state index in [1.54, 1.807) is 10.7 Å². The Morgan fingerprint density at radius 1 is 1.03 bits per heavy atom. The molecule has 2 aromatic carbocycles. The van der Waals surface area contributed by atoms with Crippen LogP contribution in [-0.2, 0) is 11.3 Å². The highest BCUT2D eigenvalue weighted by molar-refractivity contribution is 5.97. The average Bonchev–Trinajstić information content (AvgIpc) is 3.27. The fourth-order valence-electron chi connectivity index (χ4n) is 5.15. The molecular formula is C28H28N6O3. The number of benzene rings is 2. The van der Waals surface area contributed by atoms with Crippen LogP contribution in [0.5, 0.6) is 0 Å². The number of nitrogens with two attached hydrogens (primary N) is 1. The number of rotatable bonds is 5. The van der Waals surface area contributed by atoms with Crippen LogP contribution >= 0.6 is 0 Å². The number of anilines is 1. The van der Waals surface area contributed by atoms with Gasteiger partial charge >= 0.3 is 5.63 Å². The summed E-state index contributed by atoms with van der Waals surface area (Å²) in [6.45, 7) is 8.10. The van der Waals surface area contributed by atoms with Gasteiger partial charge < -0.3 is 14.9 Å². The number of hydrogen-bond donors (Lipinski definition) is 1. The molecule has 188 valence electrons. The molecule has 37 heavy (non-hydrogen) atoms. The van der Waals surface area contributed by atoms with E-state index >= 15 is 0 Å². The molecule has 3 aromatic heterocycles. The lowest BCUT2D eigenvalue weighted by Crippen LogP contribution is -2.35. The van der Waals surface area contributed by atoms with Gasteiger partial charge in [0.1, 0.15) is 23.9 Å². The predicted molar refractivity (Wildman–Crippen MR) is 142 cm³/mol. The van der Waals surface area contributed by atoms with Crippen LogP contribution in [0.1, 0.15) is 30.0 Å². The zero-order chi connectivity index (χ0) is 25.5. The van der Waals surface area contributed by atoms with Crippen LogP contribution in [-0.4, -0.2) is 51.0 Å². The summed E-state index contributed by atoms with van der Waals surface area (Å²) in [5, 5.41) is 6.78. The van der Waals surface area contributed by atoms with Gasteiger partial charge in [-0.3, -0.25) is 4.90 Å². The molecule has 9 heteroatoms. The molecule has 1 fully saturated rings. The largest absolute Gasteiger partial charge is 0.424 e.